The molecule has 0 fully saturated rings. The molecule has 0 unspecified atom stereocenters. The van der Waals surface area contributed by atoms with Crippen molar-refractivity contribution < 1.29 is 14.3 Å². The molecule has 0 aliphatic carbocycles. The van der Waals surface area contributed by atoms with E-state index >= 15 is 0 Å². The molecule has 144 valence electrons. The SMILES string of the molecule is CNC(=O)[C@H](C)N(Cc1ccc(C)cc1)C(=O)COc1ccc(C)cc1C. The maximum Gasteiger partial charge on any atom is 0.261 e. The molecule has 0 radical (unpaired) electrons. The number of carbonyl (C=O) groups is 2. The van der Waals surface area contributed by atoms with Crippen molar-refractivity contribution in [1.29, 1.82) is 0 Å². The monoisotopic (exact) mass is 368 g/mol. The Balaban J connectivity index is 2.14. The van der Waals surface area contributed by atoms with E-state index in [0.717, 1.165) is 22.3 Å². The van der Waals surface area contributed by atoms with Crippen molar-refractivity contribution in [3.8, 4) is 5.75 Å². The van der Waals surface area contributed by atoms with E-state index in [9.17, 15) is 9.59 Å². The van der Waals surface area contributed by atoms with Gasteiger partial charge < -0.3 is 15.0 Å². The van der Waals surface area contributed by atoms with Gasteiger partial charge in [-0.2, -0.15) is 0 Å². The normalized spacial score (nSPS) is 11.6. The summed E-state index contributed by atoms with van der Waals surface area (Å²) in [4.78, 5) is 26.5. The zero-order chi connectivity index (χ0) is 20.0. The number of hydrogen-bond acceptors (Lipinski definition) is 3. The zero-order valence-corrected chi connectivity index (χ0v) is 16.7. The molecule has 0 spiro atoms. The van der Waals surface area contributed by atoms with Gasteiger partial charge in [0.05, 0.1) is 0 Å². The van der Waals surface area contributed by atoms with Crippen LogP contribution < -0.4 is 10.1 Å². The number of rotatable bonds is 7. The Labute approximate surface area is 161 Å². The van der Waals surface area contributed by atoms with Crippen LogP contribution in [-0.4, -0.2) is 36.4 Å². The summed E-state index contributed by atoms with van der Waals surface area (Å²) in [6, 6.07) is 13.2. The number of nitrogens with zero attached hydrogens (tertiary/aromatic N) is 1. The Morgan fingerprint density at radius 3 is 2.26 bits per heavy atom. The van der Waals surface area contributed by atoms with Gasteiger partial charge in [-0.15, -0.1) is 0 Å². The van der Waals surface area contributed by atoms with Crippen LogP contribution in [0.5, 0.6) is 5.75 Å². The molecule has 5 heteroatoms. The first kappa shape index (κ1) is 20.5. The molecule has 0 heterocycles. The predicted molar refractivity (Wildman–Crippen MR) is 107 cm³/mol. The third-order valence-corrected chi connectivity index (χ3v) is 4.57. The minimum Gasteiger partial charge on any atom is -0.483 e. The van der Waals surface area contributed by atoms with Gasteiger partial charge in [-0.25, -0.2) is 0 Å². The minimum atomic E-state index is -0.591. The standard InChI is InChI=1S/C22H28N2O3/c1-15-6-9-19(10-7-15)13-24(18(4)22(26)23-5)21(25)14-27-20-11-8-16(2)12-17(20)3/h6-12,18H,13-14H2,1-5H3,(H,23,26)/t18-/m0/s1. The van der Waals surface area contributed by atoms with Crippen LogP contribution >= 0.6 is 0 Å². The van der Waals surface area contributed by atoms with Gasteiger partial charge in [0.2, 0.25) is 5.91 Å². The molecule has 1 N–H and O–H groups in total. The summed E-state index contributed by atoms with van der Waals surface area (Å²) in [6.07, 6.45) is 0. The second-order valence-corrected chi connectivity index (χ2v) is 6.86. The Bertz CT molecular complexity index is 800. The summed E-state index contributed by atoms with van der Waals surface area (Å²) in [5, 5.41) is 2.61. The fraction of sp³-hybridized carbons (Fsp3) is 0.364. The maximum absolute atomic E-state index is 12.8. The molecular formula is C22H28N2O3. The second-order valence-electron chi connectivity index (χ2n) is 6.86. The summed E-state index contributed by atoms with van der Waals surface area (Å²) in [5.74, 6) is 0.241. The molecule has 0 aromatic heterocycles. The van der Waals surface area contributed by atoms with Crippen LogP contribution in [-0.2, 0) is 16.1 Å². The smallest absolute Gasteiger partial charge is 0.261 e. The topological polar surface area (TPSA) is 58.6 Å². The number of benzene rings is 2. The number of hydrogen-bond donors (Lipinski definition) is 1. The summed E-state index contributed by atoms with van der Waals surface area (Å²) in [5.41, 5.74) is 4.23. The maximum atomic E-state index is 12.8. The first-order valence-electron chi connectivity index (χ1n) is 9.08. The van der Waals surface area contributed by atoms with Gasteiger partial charge in [-0.05, 0) is 44.9 Å². The Morgan fingerprint density at radius 2 is 1.67 bits per heavy atom. The average molecular weight is 368 g/mol. The quantitative estimate of drug-likeness (QED) is 0.817. The number of amides is 2. The van der Waals surface area contributed by atoms with Crippen molar-refractivity contribution >= 4 is 11.8 Å². The molecule has 5 nitrogen and oxygen atoms in total. The molecule has 2 amide bonds. The van der Waals surface area contributed by atoms with Crippen molar-refractivity contribution in [3.63, 3.8) is 0 Å². The fourth-order valence-electron chi connectivity index (χ4n) is 2.87. The third-order valence-electron chi connectivity index (χ3n) is 4.57. The molecule has 1 atom stereocenters. The number of carbonyl (C=O) groups excluding carboxylic acids is 2. The first-order valence-corrected chi connectivity index (χ1v) is 9.08. The van der Waals surface area contributed by atoms with E-state index in [-0.39, 0.29) is 18.4 Å². The van der Waals surface area contributed by atoms with Crippen LogP contribution in [0.15, 0.2) is 42.5 Å². The van der Waals surface area contributed by atoms with Crippen LogP contribution in [0.4, 0.5) is 0 Å². The van der Waals surface area contributed by atoms with Crippen molar-refractivity contribution in [2.45, 2.75) is 40.3 Å². The lowest BCUT2D eigenvalue weighted by atomic mass is 10.1. The van der Waals surface area contributed by atoms with E-state index in [1.54, 1.807) is 18.9 Å². The van der Waals surface area contributed by atoms with Crippen molar-refractivity contribution in [1.82, 2.24) is 10.2 Å². The number of ether oxygens (including phenoxy) is 1. The molecule has 0 saturated heterocycles. The van der Waals surface area contributed by atoms with Gasteiger partial charge in [0, 0.05) is 13.6 Å². The molecule has 2 rings (SSSR count). The summed E-state index contributed by atoms with van der Waals surface area (Å²) >= 11 is 0. The van der Waals surface area contributed by atoms with E-state index in [2.05, 4.69) is 5.32 Å². The summed E-state index contributed by atoms with van der Waals surface area (Å²) in [7, 11) is 1.57. The van der Waals surface area contributed by atoms with Crippen LogP contribution in [0.25, 0.3) is 0 Å². The van der Waals surface area contributed by atoms with E-state index in [1.807, 2.05) is 63.2 Å². The van der Waals surface area contributed by atoms with E-state index < -0.39 is 6.04 Å². The number of aryl methyl sites for hydroxylation is 3. The van der Waals surface area contributed by atoms with Crippen LogP contribution in [0.2, 0.25) is 0 Å². The van der Waals surface area contributed by atoms with Gasteiger partial charge in [-0.1, -0.05) is 47.5 Å². The zero-order valence-electron chi connectivity index (χ0n) is 16.7. The largest absolute Gasteiger partial charge is 0.483 e. The minimum absolute atomic E-state index is 0.114. The third kappa shape index (κ3) is 5.58. The van der Waals surface area contributed by atoms with Gasteiger partial charge >= 0.3 is 0 Å². The van der Waals surface area contributed by atoms with E-state index in [1.165, 1.54) is 0 Å². The summed E-state index contributed by atoms with van der Waals surface area (Å²) in [6.45, 7) is 7.93. The molecule has 0 saturated carbocycles. The first-order chi connectivity index (χ1) is 12.8. The fourth-order valence-corrected chi connectivity index (χ4v) is 2.87. The number of nitrogens with one attached hydrogen (secondary N) is 1. The average Bonchev–Trinajstić information content (AvgIpc) is 2.65. The molecule has 0 aliphatic heterocycles. The highest BCUT2D eigenvalue weighted by Gasteiger charge is 2.25. The van der Waals surface area contributed by atoms with Crippen LogP contribution in [0.3, 0.4) is 0 Å². The lowest BCUT2D eigenvalue weighted by molar-refractivity contribution is -0.142. The molecule has 2 aromatic rings. The Morgan fingerprint density at radius 1 is 1.04 bits per heavy atom. The molecule has 27 heavy (non-hydrogen) atoms. The van der Waals surface area contributed by atoms with Crippen molar-refractivity contribution in [3.05, 3.63) is 64.7 Å². The molecule has 2 aromatic carbocycles. The highest BCUT2D eigenvalue weighted by atomic mass is 16.5. The van der Waals surface area contributed by atoms with Gasteiger partial charge in [0.25, 0.3) is 5.91 Å². The van der Waals surface area contributed by atoms with E-state index in [0.29, 0.717) is 12.3 Å². The van der Waals surface area contributed by atoms with Crippen LogP contribution in [0, 0.1) is 20.8 Å². The molecule has 0 bridgehead atoms. The molecular weight excluding hydrogens is 340 g/mol. The van der Waals surface area contributed by atoms with Gasteiger partial charge in [0.1, 0.15) is 11.8 Å². The highest BCUT2D eigenvalue weighted by molar-refractivity contribution is 5.87. The van der Waals surface area contributed by atoms with E-state index in [4.69, 9.17) is 4.74 Å². The lowest BCUT2D eigenvalue weighted by Crippen LogP contribution is -2.48. The molecule has 0 aliphatic rings. The Hall–Kier alpha value is -2.82. The second kappa shape index (κ2) is 9.21. The Kier molecular flexibility index (Phi) is 6.99. The van der Waals surface area contributed by atoms with Gasteiger partial charge in [0.15, 0.2) is 6.61 Å². The summed E-state index contributed by atoms with van der Waals surface area (Å²) < 4.78 is 5.73. The lowest BCUT2D eigenvalue weighted by Gasteiger charge is -2.28. The van der Waals surface area contributed by atoms with Crippen LogP contribution in [0.1, 0.15) is 29.2 Å². The predicted octanol–water partition coefficient (Wildman–Crippen LogP) is 3.15. The number of likely N-dealkylation sites (N-methyl/N-ethyl adjacent to an activating group) is 1. The van der Waals surface area contributed by atoms with Crippen molar-refractivity contribution in [2.24, 2.45) is 0 Å². The highest BCUT2D eigenvalue weighted by Crippen LogP contribution is 2.19. The van der Waals surface area contributed by atoms with Crippen molar-refractivity contribution in [2.75, 3.05) is 13.7 Å². The van der Waals surface area contributed by atoms with Gasteiger partial charge in [-0.3, -0.25) is 9.59 Å².